The van der Waals surface area contributed by atoms with Crippen LogP contribution in [0.25, 0.3) is 0 Å². The lowest BCUT2D eigenvalue weighted by Gasteiger charge is -2.06. The monoisotopic (exact) mass is 351 g/mol. The van der Waals surface area contributed by atoms with Gasteiger partial charge in [-0.3, -0.25) is 9.48 Å². The number of aromatic carboxylic acids is 1. The quantitative estimate of drug-likeness (QED) is 0.781. The first-order chi connectivity index (χ1) is 10.1. The van der Waals surface area contributed by atoms with Crippen molar-refractivity contribution >= 4 is 33.5 Å². The van der Waals surface area contributed by atoms with Crippen molar-refractivity contribution in [2.24, 2.45) is 0 Å². The molecule has 2 rings (SSSR count). The molecule has 0 aliphatic rings. The Morgan fingerprint density at radius 1 is 1.29 bits per heavy atom. The van der Waals surface area contributed by atoms with Crippen molar-refractivity contribution in [3.63, 3.8) is 0 Å². The van der Waals surface area contributed by atoms with E-state index in [4.69, 9.17) is 0 Å². The summed E-state index contributed by atoms with van der Waals surface area (Å²) in [6.45, 7) is 0.426. The number of hydrogen-bond acceptors (Lipinski definition) is 3. The number of halogens is 1. The molecule has 21 heavy (non-hydrogen) atoms. The van der Waals surface area contributed by atoms with Gasteiger partial charge in [-0.05, 0) is 12.0 Å². The average Bonchev–Trinajstić information content (AvgIpc) is 2.89. The highest BCUT2D eigenvalue weighted by Crippen LogP contribution is 2.16. The largest absolute Gasteiger partial charge is 0.476 e. The number of amides is 1. The number of anilines is 1. The number of nitrogens with one attached hydrogen (secondary N) is 1. The van der Waals surface area contributed by atoms with Gasteiger partial charge in [0, 0.05) is 6.54 Å². The van der Waals surface area contributed by atoms with E-state index in [9.17, 15) is 14.7 Å². The van der Waals surface area contributed by atoms with E-state index in [1.54, 1.807) is 0 Å². The molecule has 110 valence electrons. The minimum absolute atomic E-state index is 0.0137. The fourth-order valence-corrected chi connectivity index (χ4v) is 2.08. The molecule has 0 aliphatic heterocycles. The van der Waals surface area contributed by atoms with Gasteiger partial charge < -0.3 is 10.4 Å². The minimum atomic E-state index is -1.12. The molecule has 0 saturated carbocycles. The molecule has 0 saturated heterocycles. The van der Waals surface area contributed by atoms with Gasteiger partial charge in [-0.15, -0.1) is 0 Å². The maximum absolute atomic E-state index is 11.4. The minimum Gasteiger partial charge on any atom is -0.476 e. The predicted molar refractivity (Wildman–Crippen MR) is 81.8 cm³/mol. The summed E-state index contributed by atoms with van der Waals surface area (Å²) in [5.41, 5.74) is 1.29. The molecular formula is C14H14BrN3O3. The molecule has 1 heterocycles. The Bertz CT molecular complexity index is 640. The molecule has 6 nitrogen and oxygen atoms in total. The molecule has 7 heteroatoms. The van der Waals surface area contributed by atoms with Gasteiger partial charge in [0.05, 0.1) is 17.2 Å². The summed E-state index contributed by atoms with van der Waals surface area (Å²) in [6.07, 6.45) is 2.02. The highest BCUT2D eigenvalue weighted by Gasteiger charge is 2.19. The Kier molecular flexibility index (Phi) is 5.10. The van der Waals surface area contributed by atoms with Gasteiger partial charge in [-0.25, -0.2) is 4.79 Å². The fraction of sp³-hybridized carbons (Fsp3) is 0.214. The van der Waals surface area contributed by atoms with E-state index >= 15 is 0 Å². The van der Waals surface area contributed by atoms with E-state index in [2.05, 4.69) is 26.3 Å². The molecule has 0 unspecified atom stereocenters. The van der Waals surface area contributed by atoms with Crippen LogP contribution in [0.4, 0.5) is 5.69 Å². The summed E-state index contributed by atoms with van der Waals surface area (Å²) in [5, 5.41) is 15.9. The Morgan fingerprint density at radius 2 is 2.00 bits per heavy atom. The Balaban J connectivity index is 2.16. The molecule has 0 bridgehead atoms. The zero-order valence-corrected chi connectivity index (χ0v) is 12.7. The van der Waals surface area contributed by atoms with Crippen LogP contribution >= 0.6 is 15.9 Å². The molecule has 0 aliphatic carbocycles. The van der Waals surface area contributed by atoms with Crippen molar-refractivity contribution in [2.45, 2.75) is 13.0 Å². The van der Waals surface area contributed by atoms with Gasteiger partial charge in [0.2, 0.25) is 5.91 Å². The molecule has 2 aromatic rings. The van der Waals surface area contributed by atoms with Gasteiger partial charge >= 0.3 is 5.97 Å². The number of aromatic nitrogens is 2. The summed E-state index contributed by atoms with van der Waals surface area (Å²) >= 11 is 3.02. The summed E-state index contributed by atoms with van der Waals surface area (Å²) in [4.78, 5) is 22.7. The molecule has 0 spiro atoms. The van der Waals surface area contributed by atoms with Crippen LogP contribution in [0.15, 0.2) is 36.5 Å². The molecule has 1 aromatic carbocycles. The van der Waals surface area contributed by atoms with Crippen LogP contribution in [0.3, 0.4) is 0 Å². The number of carbonyl (C=O) groups excluding carboxylic acids is 1. The second-order valence-electron chi connectivity index (χ2n) is 4.35. The highest BCUT2D eigenvalue weighted by molar-refractivity contribution is 9.09. The Labute approximate surface area is 129 Å². The standard InChI is InChI=1S/C14H14BrN3O3/c15-8-12(19)17-11-9-16-18(13(11)14(20)21)7-6-10-4-2-1-3-5-10/h1-5,9H,6-8H2,(H,17,19)(H,20,21). The van der Waals surface area contributed by atoms with Crippen molar-refractivity contribution in [3.8, 4) is 0 Å². The van der Waals surface area contributed by atoms with Crippen molar-refractivity contribution in [1.82, 2.24) is 9.78 Å². The third-order valence-electron chi connectivity index (χ3n) is 2.89. The number of nitrogens with zero attached hydrogens (tertiary/aromatic N) is 2. The second kappa shape index (κ2) is 7.03. The number of aryl methyl sites for hydroxylation is 2. The summed E-state index contributed by atoms with van der Waals surface area (Å²) in [7, 11) is 0. The molecule has 0 atom stereocenters. The number of hydrogen-bond donors (Lipinski definition) is 2. The van der Waals surface area contributed by atoms with Crippen LogP contribution in [-0.4, -0.2) is 32.1 Å². The van der Waals surface area contributed by atoms with E-state index in [1.807, 2.05) is 30.3 Å². The molecule has 0 radical (unpaired) electrons. The van der Waals surface area contributed by atoms with E-state index in [1.165, 1.54) is 10.9 Å². The summed E-state index contributed by atoms with van der Waals surface area (Å²) in [6, 6.07) is 9.72. The van der Waals surface area contributed by atoms with Gasteiger partial charge in [0.15, 0.2) is 5.69 Å². The van der Waals surface area contributed by atoms with Crippen molar-refractivity contribution in [1.29, 1.82) is 0 Å². The molecule has 2 N–H and O–H groups in total. The van der Waals surface area contributed by atoms with Crippen LogP contribution in [0.1, 0.15) is 16.1 Å². The summed E-state index contributed by atoms with van der Waals surface area (Å²) in [5.74, 6) is -1.44. The first kappa shape index (κ1) is 15.2. The van der Waals surface area contributed by atoms with Crippen LogP contribution in [0.5, 0.6) is 0 Å². The van der Waals surface area contributed by atoms with Crippen LogP contribution in [-0.2, 0) is 17.8 Å². The van der Waals surface area contributed by atoms with Gasteiger partial charge in [0.1, 0.15) is 0 Å². The first-order valence-corrected chi connectivity index (χ1v) is 7.43. The maximum atomic E-state index is 11.4. The SMILES string of the molecule is O=C(CBr)Nc1cnn(CCc2ccccc2)c1C(=O)O. The third kappa shape index (κ3) is 3.91. The zero-order chi connectivity index (χ0) is 15.2. The van der Waals surface area contributed by atoms with Crippen LogP contribution in [0, 0.1) is 0 Å². The first-order valence-electron chi connectivity index (χ1n) is 6.30. The number of carbonyl (C=O) groups is 2. The van der Waals surface area contributed by atoms with E-state index in [0.29, 0.717) is 13.0 Å². The number of alkyl halides is 1. The number of carboxylic acid groups (broad SMARTS) is 1. The van der Waals surface area contributed by atoms with Crippen molar-refractivity contribution < 1.29 is 14.7 Å². The lowest BCUT2D eigenvalue weighted by atomic mass is 10.1. The van der Waals surface area contributed by atoms with E-state index in [0.717, 1.165) is 5.56 Å². The maximum Gasteiger partial charge on any atom is 0.356 e. The molecule has 1 amide bonds. The Morgan fingerprint density at radius 3 is 2.62 bits per heavy atom. The van der Waals surface area contributed by atoms with E-state index in [-0.39, 0.29) is 22.6 Å². The summed E-state index contributed by atoms with van der Waals surface area (Å²) < 4.78 is 1.39. The molecular weight excluding hydrogens is 338 g/mol. The zero-order valence-electron chi connectivity index (χ0n) is 11.1. The van der Waals surface area contributed by atoms with Gasteiger partial charge in [-0.1, -0.05) is 46.3 Å². The lowest BCUT2D eigenvalue weighted by Crippen LogP contribution is -2.17. The predicted octanol–water partition coefficient (Wildman–Crippen LogP) is 2.16. The Hall–Kier alpha value is -2.15. The van der Waals surface area contributed by atoms with Gasteiger partial charge in [0.25, 0.3) is 0 Å². The normalized spacial score (nSPS) is 10.3. The average molecular weight is 352 g/mol. The molecule has 1 aromatic heterocycles. The van der Waals surface area contributed by atoms with Crippen molar-refractivity contribution in [2.75, 3.05) is 10.6 Å². The second-order valence-corrected chi connectivity index (χ2v) is 4.91. The lowest BCUT2D eigenvalue weighted by molar-refractivity contribution is -0.113. The number of carboxylic acids is 1. The van der Waals surface area contributed by atoms with Crippen LogP contribution in [0.2, 0.25) is 0 Å². The molecule has 0 fully saturated rings. The third-order valence-corrected chi connectivity index (χ3v) is 3.40. The van der Waals surface area contributed by atoms with E-state index < -0.39 is 5.97 Å². The van der Waals surface area contributed by atoms with Crippen LogP contribution < -0.4 is 5.32 Å². The smallest absolute Gasteiger partial charge is 0.356 e. The number of benzene rings is 1. The fourth-order valence-electron chi connectivity index (χ4n) is 1.94. The highest BCUT2D eigenvalue weighted by atomic mass is 79.9. The number of rotatable bonds is 6. The topological polar surface area (TPSA) is 84.2 Å². The van der Waals surface area contributed by atoms with Gasteiger partial charge in [-0.2, -0.15) is 5.10 Å². The van der Waals surface area contributed by atoms with Crippen molar-refractivity contribution in [3.05, 3.63) is 47.8 Å².